The molecule has 1 heterocycles. The maximum absolute atomic E-state index is 5.15. The van der Waals surface area contributed by atoms with Gasteiger partial charge in [0.15, 0.2) is 0 Å². The average molecular weight is 162 g/mol. The summed E-state index contributed by atoms with van der Waals surface area (Å²) in [4.78, 5) is 4.95. The highest BCUT2D eigenvalue weighted by atomic mass is 32.1. The molecule has 0 bridgehead atoms. The van der Waals surface area contributed by atoms with Gasteiger partial charge in [-0.3, -0.25) is 0 Å². The molecule has 1 aliphatic heterocycles. The minimum Gasteiger partial charge on any atom is -0.379 e. The third kappa shape index (κ3) is 2.47. The van der Waals surface area contributed by atoms with E-state index in [1.54, 1.807) is 5.06 Å². The summed E-state index contributed by atoms with van der Waals surface area (Å²) >= 11 is 4.55. The van der Waals surface area contributed by atoms with Crippen molar-refractivity contribution in [1.82, 2.24) is 5.06 Å². The summed E-state index contributed by atoms with van der Waals surface area (Å²) in [5.41, 5.74) is 5.15. The first kappa shape index (κ1) is 7.71. The van der Waals surface area contributed by atoms with Crippen molar-refractivity contribution in [2.45, 2.75) is 0 Å². The highest BCUT2D eigenvalue weighted by Crippen LogP contribution is 1.96. The number of ether oxygens (including phenoxy) is 1. The highest BCUT2D eigenvalue weighted by Gasteiger charge is 2.11. The van der Waals surface area contributed by atoms with Gasteiger partial charge in [0.25, 0.3) is 5.17 Å². The van der Waals surface area contributed by atoms with Gasteiger partial charge in [0, 0.05) is 0 Å². The molecular weight excluding hydrogens is 152 g/mol. The number of thiocarbonyl (C=S) groups is 1. The Bertz CT molecular complexity index is 125. The molecule has 1 saturated heterocycles. The Morgan fingerprint density at radius 2 is 2.10 bits per heavy atom. The summed E-state index contributed by atoms with van der Waals surface area (Å²) < 4.78 is 5.08. The Labute approximate surface area is 64.8 Å². The van der Waals surface area contributed by atoms with Crippen LogP contribution < -0.4 is 5.73 Å². The Kier molecular flexibility index (Phi) is 2.85. The lowest BCUT2D eigenvalue weighted by atomic mass is 10.5. The number of hydroxylamine groups is 2. The van der Waals surface area contributed by atoms with Crippen LogP contribution in [0.15, 0.2) is 0 Å². The van der Waals surface area contributed by atoms with E-state index in [2.05, 4.69) is 12.2 Å². The van der Waals surface area contributed by atoms with Gasteiger partial charge in [0.05, 0.1) is 26.3 Å². The molecule has 1 aliphatic rings. The molecule has 0 aromatic rings. The van der Waals surface area contributed by atoms with Gasteiger partial charge in [-0.1, -0.05) is 0 Å². The zero-order valence-corrected chi connectivity index (χ0v) is 6.39. The monoisotopic (exact) mass is 162 g/mol. The molecule has 0 unspecified atom stereocenters. The Morgan fingerprint density at radius 1 is 1.50 bits per heavy atom. The zero-order valence-electron chi connectivity index (χ0n) is 5.58. The second-order valence-corrected chi connectivity index (χ2v) is 2.35. The minimum absolute atomic E-state index is 0.0712. The van der Waals surface area contributed by atoms with Gasteiger partial charge < -0.3 is 15.3 Å². The van der Waals surface area contributed by atoms with Crippen LogP contribution in [0.25, 0.3) is 0 Å². The van der Waals surface area contributed by atoms with Crippen molar-refractivity contribution >= 4 is 17.4 Å². The third-order valence-corrected chi connectivity index (χ3v) is 1.26. The quantitative estimate of drug-likeness (QED) is 0.526. The zero-order chi connectivity index (χ0) is 7.40. The van der Waals surface area contributed by atoms with Gasteiger partial charge in [-0.2, -0.15) is 0 Å². The van der Waals surface area contributed by atoms with Gasteiger partial charge in [-0.05, 0) is 12.2 Å². The molecule has 2 N–H and O–H groups in total. The van der Waals surface area contributed by atoms with Crippen molar-refractivity contribution in [2.24, 2.45) is 5.73 Å². The van der Waals surface area contributed by atoms with E-state index in [-0.39, 0.29) is 5.17 Å². The van der Waals surface area contributed by atoms with Crippen LogP contribution in [0.4, 0.5) is 0 Å². The SMILES string of the molecule is NC(=S)ON1CCOCC1. The number of nitrogens with two attached hydrogens (primary N) is 1. The second kappa shape index (κ2) is 3.70. The van der Waals surface area contributed by atoms with E-state index < -0.39 is 0 Å². The first-order chi connectivity index (χ1) is 4.79. The largest absolute Gasteiger partial charge is 0.379 e. The number of nitrogens with zero attached hydrogens (tertiary/aromatic N) is 1. The van der Waals surface area contributed by atoms with Crippen molar-refractivity contribution in [3.8, 4) is 0 Å². The van der Waals surface area contributed by atoms with Gasteiger partial charge >= 0.3 is 0 Å². The molecule has 0 amide bonds. The van der Waals surface area contributed by atoms with E-state index in [4.69, 9.17) is 15.3 Å². The summed E-state index contributed by atoms with van der Waals surface area (Å²) in [5.74, 6) is 0. The summed E-state index contributed by atoms with van der Waals surface area (Å²) in [7, 11) is 0. The molecule has 10 heavy (non-hydrogen) atoms. The van der Waals surface area contributed by atoms with Gasteiger partial charge in [0.1, 0.15) is 0 Å². The van der Waals surface area contributed by atoms with E-state index in [1.165, 1.54) is 0 Å². The Balaban J connectivity index is 2.19. The van der Waals surface area contributed by atoms with Gasteiger partial charge in [0.2, 0.25) is 0 Å². The van der Waals surface area contributed by atoms with E-state index >= 15 is 0 Å². The summed E-state index contributed by atoms with van der Waals surface area (Å²) in [5, 5.41) is 1.77. The van der Waals surface area contributed by atoms with Crippen LogP contribution in [0.2, 0.25) is 0 Å². The fraction of sp³-hybridized carbons (Fsp3) is 0.800. The predicted molar refractivity (Wildman–Crippen MR) is 40.3 cm³/mol. The topological polar surface area (TPSA) is 47.7 Å². The maximum atomic E-state index is 5.15. The molecule has 0 aliphatic carbocycles. The molecule has 58 valence electrons. The molecular formula is C5H10N2O2S. The fourth-order valence-electron chi connectivity index (χ4n) is 0.765. The van der Waals surface area contributed by atoms with E-state index in [9.17, 15) is 0 Å². The van der Waals surface area contributed by atoms with E-state index in [0.29, 0.717) is 13.2 Å². The van der Waals surface area contributed by atoms with E-state index in [1.807, 2.05) is 0 Å². The molecule has 0 radical (unpaired) electrons. The smallest absolute Gasteiger partial charge is 0.276 e. The van der Waals surface area contributed by atoms with Crippen LogP contribution in [0, 0.1) is 0 Å². The van der Waals surface area contributed by atoms with Crippen molar-refractivity contribution < 1.29 is 9.57 Å². The van der Waals surface area contributed by atoms with Crippen molar-refractivity contribution in [3.05, 3.63) is 0 Å². The van der Waals surface area contributed by atoms with Crippen molar-refractivity contribution in [1.29, 1.82) is 0 Å². The van der Waals surface area contributed by atoms with Crippen molar-refractivity contribution in [3.63, 3.8) is 0 Å². The summed E-state index contributed by atoms with van der Waals surface area (Å²) in [6.45, 7) is 2.83. The lowest BCUT2D eigenvalue weighted by Crippen LogP contribution is -2.39. The fourth-order valence-corrected chi connectivity index (χ4v) is 0.871. The first-order valence-electron chi connectivity index (χ1n) is 3.09. The maximum Gasteiger partial charge on any atom is 0.276 e. The second-order valence-electron chi connectivity index (χ2n) is 1.95. The first-order valence-corrected chi connectivity index (χ1v) is 3.50. The number of rotatable bonds is 1. The van der Waals surface area contributed by atoms with Crippen LogP contribution in [0.3, 0.4) is 0 Å². The van der Waals surface area contributed by atoms with E-state index in [0.717, 1.165) is 13.1 Å². The number of hydrogen-bond donors (Lipinski definition) is 1. The van der Waals surface area contributed by atoms with Gasteiger partial charge in [-0.25, -0.2) is 0 Å². The number of hydrogen-bond acceptors (Lipinski definition) is 4. The Hall–Kier alpha value is -0.390. The van der Waals surface area contributed by atoms with Crippen LogP contribution in [-0.2, 0) is 9.57 Å². The average Bonchev–Trinajstić information content (AvgIpc) is 1.88. The van der Waals surface area contributed by atoms with Gasteiger partial charge in [-0.15, -0.1) is 5.06 Å². The van der Waals surface area contributed by atoms with Crippen molar-refractivity contribution in [2.75, 3.05) is 26.3 Å². The summed E-state index contributed by atoms with van der Waals surface area (Å²) in [6, 6.07) is 0. The van der Waals surface area contributed by atoms with Crippen LogP contribution in [0.1, 0.15) is 0 Å². The molecule has 1 rings (SSSR count). The summed E-state index contributed by atoms with van der Waals surface area (Å²) in [6.07, 6.45) is 0. The molecule has 0 aromatic carbocycles. The van der Waals surface area contributed by atoms with Crippen LogP contribution in [-0.4, -0.2) is 36.5 Å². The Morgan fingerprint density at radius 3 is 2.60 bits per heavy atom. The van der Waals surface area contributed by atoms with Crippen LogP contribution >= 0.6 is 12.2 Å². The lowest BCUT2D eigenvalue weighted by Gasteiger charge is -2.24. The lowest BCUT2D eigenvalue weighted by molar-refractivity contribution is -0.127. The number of morpholine rings is 1. The molecule has 1 fully saturated rings. The predicted octanol–water partition coefficient (Wildman–Crippen LogP) is -0.506. The molecule has 0 spiro atoms. The minimum atomic E-state index is 0.0712. The highest BCUT2D eigenvalue weighted by molar-refractivity contribution is 7.79. The molecule has 5 heteroatoms. The molecule has 0 aromatic heterocycles. The molecule has 0 atom stereocenters. The third-order valence-electron chi connectivity index (χ3n) is 1.19. The standard InChI is InChI=1S/C5H10N2O2S/c6-5(10)9-7-1-3-8-4-2-7/h1-4H2,(H2,6,10). The van der Waals surface area contributed by atoms with Crippen LogP contribution in [0.5, 0.6) is 0 Å². The molecule has 4 nitrogen and oxygen atoms in total. The normalized spacial score (nSPS) is 20.4. The molecule has 0 saturated carbocycles.